The normalized spacial score (nSPS) is 14.6. The number of fused-ring (bicyclic) bond motifs is 1. The molecule has 172 valence electrons. The van der Waals surface area contributed by atoms with Crippen LogP contribution in [0.15, 0.2) is 72.1 Å². The van der Waals surface area contributed by atoms with Gasteiger partial charge in [0.2, 0.25) is 5.88 Å². The first kappa shape index (κ1) is 22.6. The molecule has 3 aromatic rings. The van der Waals surface area contributed by atoms with Crippen molar-refractivity contribution >= 4 is 11.4 Å². The van der Waals surface area contributed by atoms with E-state index in [9.17, 15) is 19.8 Å². The Morgan fingerprint density at radius 2 is 1.91 bits per heavy atom. The zero-order chi connectivity index (χ0) is 24.4. The fourth-order valence-corrected chi connectivity index (χ4v) is 3.79. The topological polar surface area (TPSA) is 115 Å². The summed E-state index contributed by atoms with van der Waals surface area (Å²) in [5.41, 5.74) is 8.67. The van der Waals surface area contributed by atoms with Crippen LogP contribution in [0.4, 0.5) is 15.8 Å². The number of allylic oxidation sites excluding steroid dienone is 1. The van der Waals surface area contributed by atoms with Crippen LogP contribution in [0.5, 0.6) is 11.5 Å². The molecule has 0 saturated heterocycles. The lowest BCUT2D eigenvalue weighted by Gasteiger charge is -2.27. The average molecular weight is 460 g/mol. The Balaban J connectivity index is 1.73. The maximum atomic E-state index is 13.1. The van der Waals surface area contributed by atoms with E-state index in [1.54, 1.807) is 24.3 Å². The van der Waals surface area contributed by atoms with E-state index in [1.165, 1.54) is 24.3 Å². The van der Waals surface area contributed by atoms with Gasteiger partial charge >= 0.3 is 5.69 Å². The van der Waals surface area contributed by atoms with Crippen molar-refractivity contribution in [2.45, 2.75) is 12.5 Å². The fraction of sp³-hybridized carbons (Fsp3) is 0.160. The quantitative estimate of drug-likeness (QED) is 0.422. The molecule has 1 heterocycles. The number of hydrogen-bond acceptors (Lipinski definition) is 7. The molecular weight excluding hydrogens is 439 g/mol. The van der Waals surface area contributed by atoms with Crippen molar-refractivity contribution < 1.29 is 18.8 Å². The van der Waals surface area contributed by atoms with Crippen LogP contribution in [-0.4, -0.2) is 19.0 Å². The maximum Gasteiger partial charge on any atom is 0.311 e. The minimum absolute atomic E-state index is 0.0319. The first-order chi connectivity index (χ1) is 16.3. The van der Waals surface area contributed by atoms with E-state index in [0.29, 0.717) is 22.4 Å². The number of nitriles is 1. The summed E-state index contributed by atoms with van der Waals surface area (Å²) in [6, 6.07) is 17.8. The molecule has 0 aromatic heterocycles. The molecule has 3 aromatic carbocycles. The second-order valence-corrected chi connectivity index (χ2v) is 7.94. The number of benzene rings is 3. The Kier molecular flexibility index (Phi) is 6.06. The Labute approximate surface area is 195 Å². The van der Waals surface area contributed by atoms with Gasteiger partial charge in [-0.1, -0.05) is 24.3 Å². The van der Waals surface area contributed by atoms with Crippen molar-refractivity contribution in [2.75, 3.05) is 19.0 Å². The molecule has 0 fully saturated rings. The second kappa shape index (κ2) is 9.11. The molecule has 1 aliphatic rings. The second-order valence-electron chi connectivity index (χ2n) is 7.94. The van der Waals surface area contributed by atoms with Crippen molar-refractivity contribution in [3.8, 4) is 17.6 Å². The summed E-state index contributed by atoms with van der Waals surface area (Å²) >= 11 is 0. The molecule has 4 rings (SSSR count). The Hall–Kier alpha value is -4.58. The zero-order valence-corrected chi connectivity index (χ0v) is 18.5. The van der Waals surface area contributed by atoms with E-state index in [-0.39, 0.29) is 35.3 Å². The summed E-state index contributed by atoms with van der Waals surface area (Å²) in [6.45, 7) is 0.0319. The first-order valence-electron chi connectivity index (χ1n) is 10.3. The summed E-state index contributed by atoms with van der Waals surface area (Å²) in [5.74, 6) is -0.532. The molecule has 0 saturated carbocycles. The number of nitro groups is 1. The smallest absolute Gasteiger partial charge is 0.311 e. The number of nitro benzene ring substituents is 1. The highest BCUT2D eigenvalue weighted by molar-refractivity contribution is 5.63. The van der Waals surface area contributed by atoms with Gasteiger partial charge in [-0.2, -0.15) is 5.26 Å². The average Bonchev–Trinajstić information content (AvgIpc) is 2.82. The van der Waals surface area contributed by atoms with Gasteiger partial charge < -0.3 is 20.1 Å². The van der Waals surface area contributed by atoms with E-state index in [1.807, 2.05) is 31.1 Å². The number of nitrogens with two attached hydrogens (primary N) is 1. The van der Waals surface area contributed by atoms with Crippen molar-refractivity contribution in [3.63, 3.8) is 0 Å². The summed E-state index contributed by atoms with van der Waals surface area (Å²) in [7, 11) is 3.77. The molecule has 0 spiro atoms. The molecule has 1 atom stereocenters. The van der Waals surface area contributed by atoms with Crippen LogP contribution in [0, 0.1) is 27.3 Å². The first-order valence-corrected chi connectivity index (χ1v) is 10.3. The van der Waals surface area contributed by atoms with Gasteiger partial charge in [0.15, 0.2) is 5.75 Å². The molecule has 8 nitrogen and oxygen atoms in total. The lowest BCUT2D eigenvalue weighted by Crippen LogP contribution is -2.21. The lowest BCUT2D eigenvalue weighted by molar-refractivity contribution is -0.386. The van der Waals surface area contributed by atoms with E-state index in [2.05, 4.69) is 6.07 Å². The zero-order valence-electron chi connectivity index (χ0n) is 18.5. The van der Waals surface area contributed by atoms with Crippen molar-refractivity contribution in [1.29, 1.82) is 5.26 Å². The van der Waals surface area contributed by atoms with Crippen LogP contribution in [0.2, 0.25) is 0 Å². The molecule has 1 unspecified atom stereocenters. The van der Waals surface area contributed by atoms with Gasteiger partial charge in [0.1, 0.15) is 29.8 Å². The van der Waals surface area contributed by atoms with E-state index < -0.39 is 10.8 Å². The van der Waals surface area contributed by atoms with Crippen LogP contribution in [0.1, 0.15) is 22.6 Å². The van der Waals surface area contributed by atoms with Crippen molar-refractivity contribution in [1.82, 2.24) is 0 Å². The van der Waals surface area contributed by atoms with Gasteiger partial charge in [0, 0.05) is 37.5 Å². The van der Waals surface area contributed by atoms with Gasteiger partial charge in [-0.15, -0.1) is 0 Å². The van der Waals surface area contributed by atoms with Gasteiger partial charge in [-0.3, -0.25) is 10.1 Å². The molecule has 1 aliphatic heterocycles. The van der Waals surface area contributed by atoms with Crippen LogP contribution in [0.25, 0.3) is 0 Å². The van der Waals surface area contributed by atoms with Crippen molar-refractivity contribution in [3.05, 3.63) is 105 Å². The lowest BCUT2D eigenvalue weighted by atomic mass is 9.83. The predicted octanol–water partition coefficient (Wildman–Crippen LogP) is 4.60. The number of halogens is 1. The minimum Gasteiger partial charge on any atom is -0.482 e. The summed E-state index contributed by atoms with van der Waals surface area (Å²) in [4.78, 5) is 13.2. The minimum atomic E-state index is -0.644. The molecule has 0 amide bonds. The van der Waals surface area contributed by atoms with Crippen LogP contribution < -0.4 is 20.1 Å². The van der Waals surface area contributed by atoms with Gasteiger partial charge in [0.05, 0.1) is 10.8 Å². The molecule has 0 aliphatic carbocycles. The van der Waals surface area contributed by atoms with E-state index >= 15 is 0 Å². The highest BCUT2D eigenvalue weighted by Crippen LogP contribution is 2.45. The molecule has 34 heavy (non-hydrogen) atoms. The van der Waals surface area contributed by atoms with E-state index in [4.69, 9.17) is 15.2 Å². The Bertz CT molecular complexity index is 1330. The third-order valence-corrected chi connectivity index (χ3v) is 5.54. The standard InChI is InChI=1S/C25H21FN4O4/c1-29(2)18-8-9-19-23(12-18)34-25(28)20(13-27)24(19)16-5-10-22(21(11-16)30(31)32)33-14-15-3-6-17(26)7-4-15/h3-12,24H,14,28H2,1-2H3. The predicted molar refractivity (Wildman–Crippen MR) is 124 cm³/mol. The Morgan fingerprint density at radius 3 is 2.56 bits per heavy atom. The third kappa shape index (κ3) is 4.34. The number of anilines is 1. The molecule has 0 bridgehead atoms. The van der Waals surface area contributed by atoms with Gasteiger partial charge in [0.25, 0.3) is 0 Å². The fourth-order valence-electron chi connectivity index (χ4n) is 3.79. The number of rotatable bonds is 6. The largest absolute Gasteiger partial charge is 0.482 e. The SMILES string of the molecule is CN(C)c1ccc2c(c1)OC(N)=C(C#N)C2c1ccc(OCc2ccc(F)cc2)c([N+](=O)[O-])c1. The monoisotopic (exact) mass is 460 g/mol. The summed E-state index contributed by atoms with van der Waals surface area (Å²) < 4.78 is 24.5. The summed E-state index contributed by atoms with van der Waals surface area (Å²) in [6.07, 6.45) is 0. The maximum absolute atomic E-state index is 13.1. The highest BCUT2D eigenvalue weighted by atomic mass is 19.1. The Morgan fingerprint density at radius 1 is 1.18 bits per heavy atom. The number of ether oxygens (including phenoxy) is 2. The molecule has 9 heteroatoms. The number of nitrogens with zero attached hydrogens (tertiary/aromatic N) is 3. The van der Waals surface area contributed by atoms with Crippen molar-refractivity contribution in [2.24, 2.45) is 5.73 Å². The molecule has 0 radical (unpaired) electrons. The third-order valence-electron chi connectivity index (χ3n) is 5.54. The molecular formula is C25H21FN4O4. The number of hydrogen-bond donors (Lipinski definition) is 1. The molecule has 2 N–H and O–H groups in total. The van der Waals surface area contributed by atoms with Gasteiger partial charge in [-0.25, -0.2) is 4.39 Å². The van der Waals surface area contributed by atoms with E-state index in [0.717, 1.165) is 5.69 Å². The summed E-state index contributed by atoms with van der Waals surface area (Å²) in [5, 5.41) is 21.6. The van der Waals surface area contributed by atoms with Gasteiger partial charge in [-0.05, 0) is 35.4 Å². The highest BCUT2D eigenvalue weighted by Gasteiger charge is 2.32. The van der Waals surface area contributed by atoms with Crippen LogP contribution >= 0.6 is 0 Å². The van der Waals surface area contributed by atoms with Crippen LogP contribution in [0.3, 0.4) is 0 Å². The van der Waals surface area contributed by atoms with Crippen LogP contribution in [-0.2, 0) is 6.61 Å².